The number of nitrogens with one attached hydrogen (secondary N) is 1. The van der Waals surface area contributed by atoms with E-state index in [9.17, 15) is 4.79 Å². The van der Waals surface area contributed by atoms with Gasteiger partial charge in [0.1, 0.15) is 0 Å². The first-order chi connectivity index (χ1) is 10.1. The van der Waals surface area contributed by atoms with Gasteiger partial charge in [0.15, 0.2) is 5.78 Å². The summed E-state index contributed by atoms with van der Waals surface area (Å²) in [5.74, 6) is 0.723. The minimum atomic E-state index is 0.196. The predicted molar refractivity (Wildman–Crippen MR) is 87.2 cm³/mol. The summed E-state index contributed by atoms with van der Waals surface area (Å²) in [5.41, 5.74) is 5.66. The van der Waals surface area contributed by atoms with Gasteiger partial charge in [-0.3, -0.25) is 4.79 Å². The van der Waals surface area contributed by atoms with Crippen molar-refractivity contribution in [3.8, 4) is 0 Å². The Labute approximate surface area is 126 Å². The van der Waals surface area contributed by atoms with Crippen LogP contribution in [0, 0.1) is 0 Å². The first-order valence-electron chi connectivity index (χ1n) is 7.62. The highest BCUT2D eigenvalue weighted by atomic mass is 16.1. The summed E-state index contributed by atoms with van der Waals surface area (Å²) in [6.45, 7) is 5.33. The fourth-order valence-electron chi connectivity index (χ4n) is 2.79. The number of fused-ring (bicyclic) bond motifs is 1. The van der Waals surface area contributed by atoms with Crippen LogP contribution in [0.3, 0.4) is 0 Å². The van der Waals surface area contributed by atoms with E-state index in [-0.39, 0.29) is 5.78 Å². The maximum Gasteiger partial charge on any atom is 0.167 e. The summed E-state index contributed by atoms with van der Waals surface area (Å²) >= 11 is 0. The van der Waals surface area contributed by atoms with Gasteiger partial charge in [0, 0.05) is 24.2 Å². The van der Waals surface area contributed by atoms with Crippen molar-refractivity contribution < 1.29 is 4.79 Å². The molecule has 0 fully saturated rings. The average Bonchev–Trinajstić information content (AvgIpc) is 2.95. The highest BCUT2D eigenvalue weighted by molar-refractivity contribution is 5.98. The van der Waals surface area contributed by atoms with Crippen molar-refractivity contribution in [2.24, 2.45) is 0 Å². The molecular formula is C19H21NO. The third-order valence-electron chi connectivity index (χ3n) is 4.15. The molecule has 108 valence electrons. The van der Waals surface area contributed by atoms with E-state index in [0.717, 1.165) is 24.1 Å². The van der Waals surface area contributed by atoms with Gasteiger partial charge in [0.25, 0.3) is 0 Å². The number of carbonyl (C=O) groups is 1. The van der Waals surface area contributed by atoms with Crippen LogP contribution >= 0.6 is 0 Å². The maximum absolute atomic E-state index is 12.4. The molecule has 1 aliphatic heterocycles. The lowest BCUT2D eigenvalue weighted by molar-refractivity contribution is 0.0993. The molecule has 21 heavy (non-hydrogen) atoms. The van der Waals surface area contributed by atoms with E-state index in [4.69, 9.17) is 0 Å². The number of Topliss-reactive ketones (excluding diaryl/α,β-unsaturated/α-hetero) is 1. The number of anilines is 1. The van der Waals surface area contributed by atoms with Crippen LogP contribution in [0.25, 0.3) is 0 Å². The molecule has 2 aromatic carbocycles. The van der Waals surface area contributed by atoms with Crippen molar-refractivity contribution in [3.05, 3.63) is 64.7 Å². The second-order valence-corrected chi connectivity index (χ2v) is 6.04. The average molecular weight is 279 g/mol. The Hall–Kier alpha value is -2.09. The molecule has 0 unspecified atom stereocenters. The summed E-state index contributed by atoms with van der Waals surface area (Å²) in [6.07, 6.45) is 1.49. The summed E-state index contributed by atoms with van der Waals surface area (Å²) < 4.78 is 0. The van der Waals surface area contributed by atoms with Gasteiger partial charge in [-0.25, -0.2) is 0 Å². The van der Waals surface area contributed by atoms with E-state index >= 15 is 0 Å². The van der Waals surface area contributed by atoms with Gasteiger partial charge in [-0.1, -0.05) is 38.1 Å². The number of hydrogen-bond donors (Lipinski definition) is 1. The summed E-state index contributed by atoms with van der Waals surface area (Å²) in [5, 5.41) is 3.32. The smallest absolute Gasteiger partial charge is 0.167 e. The van der Waals surface area contributed by atoms with Gasteiger partial charge in [-0.2, -0.15) is 0 Å². The zero-order valence-corrected chi connectivity index (χ0v) is 12.6. The predicted octanol–water partition coefficient (Wildman–Crippen LogP) is 4.20. The van der Waals surface area contributed by atoms with Gasteiger partial charge >= 0.3 is 0 Å². The number of ketones is 1. The Kier molecular flexibility index (Phi) is 3.78. The zero-order chi connectivity index (χ0) is 14.8. The Bertz CT molecular complexity index is 656. The summed E-state index contributed by atoms with van der Waals surface area (Å²) in [6, 6.07) is 14.4. The van der Waals surface area contributed by atoms with Crippen molar-refractivity contribution in [3.63, 3.8) is 0 Å². The molecule has 0 bridgehead atoms. The van der Waals surface area contributed by atoms with Crippen LogP contribution in [0.2, 0.25) is 0 Å². The number of hydrogen-bond acceptors (Lipinski definition) is 2. The fourth-order valence-corrected chi connectivity index (χ4v) is 2.79. The van der Waals surface area contributed by atoms with Crippen molar-refractivity contribution >= 4 is 11.5 Å². The van der Waals surface area contributed by atoms with Gasteiger partial charge in [-0.15, -0.1) is 0 Å². The Balaban J connectivity index is 1.74. The minimum Gasteiger partial charge on any atom is -0.384 e. The Morgan fingerprint density at radius 2 is 1.90 bits per heavy atom. The quantitative estimate of drug-likeness (QED) is 0.850. The molecule has 2 aromatic rings. The van der Waals surface area contributed by atoms with Gasteiger partial charge in [0.05, 0.1) is 0 Å². The number of rotatable bonds is 4. The van der Waals surface area contributed by atoms with E-state index in [2.05, 4.69) is 43.4 Å². The molecule has 3 rings (SSSR count). The van der Waals surface area contributed by atoms with Gasteiger partial charge in [0.2, 0.25) is 0 Å². The second kappa shape index (κ2) is 5.72. The van der Waals surface area contributed by atoms with Gasteiger partial charge in [-0.05, 0) is 47.2 Å². The third-order valence-corrected chi connectivity index (χ3v) is 4.15. The molecule has 2 heteroatoms. The first kappa shape index (κ1) is 13.9. The van der Waals surface area contributed by atoms with Crippen molar-refractivity contribution in [2.45, 2.75) is 32.6 Å². The molecule has 0 amide bonds. The molecule has 0 atom stereocenters. The van der Waals surface area contributed by atoms with Crippen LogP contribution in [0.5, 0.6) is 0 Å². The zero-order valence-electron chi connectivity index (χ0n) is 12.6. The van der Waals surface area contributed by atoms with Crippen molar-refractivity contribution in [2.75, 3.05) is 11.9 Å². The largest absolute Gasteiger partial charge is 0.384 e. The number of carbonyl (C=O) groups excluding carboxylic acids is 1. The second-order valence-electron chi connectivity index (χ2n) is 6.04. The standard InChI is InChI=1S/C19H21NO/c1-13(2)15-5-3-14(4-6-15)11-19(21)17-7-8-18-16(12-17)9-10-20-18/h3-8,12-13,20H,9-11H2,1-2H3. The Morgan fingerprint density at radius 1 is 1.14 bits per heavy atom. The van der Waals surface area contributed by atoms with Gasteiger partial charge < -0.3 is 5.32 Å². The monoisotopic (exact) mass is 279 g/mol. The molecule has 0 saturated carbocycles. The molecule has 0 spiro atoms. The SMILES string of the molecule is CC(C)c1ccc(CC(=O)c2ccc3c(c2)CCN3)cc1. The maximum atomic E-state index is 12.4. The van der Waals surface area contributed by atoms with Crippen LogP contribution in [-0.2, 0) is 12.8 Å². The molecule has 2 nitrogen and oxygen atoms in total. The third kappa shape index (κ3) is 2.99. The lowest BCUT2D eigenvalue weighted by Gasteiger charge is -2.07. The molecule has 0 saturated heterocycles. The summed E-state index contributed by atoms with van der Waals surface area (Å²) in [7, 11) is 0. The Morgan fingerprint density at radius 3 is 2.62 bits per heavy atom. The van der Waals surface area contributed by atoms with Crippen molar-refractivity contribution in [1.29, 1.82) is 0 Å². The molecule has 0 aliphatic carbocycles. The highest BCUT2D eigenvalue weighted by Gasteiger charge is 2.13. The molecule has 1 aliphatic rings. The molecular weight excluding hydrogens is 258 g/mol. The minimum absolute atomic E-state index is 0.196. The van der Waals surface area contributed by atoms with Crippen LogP contribution in [0.1, 0.15) is 46.8 Å². The number of benzene rings is 2. The lowest BCUT2D eigenvalue weighted by atomic mass is 9.97. The van der Waals surface area contributed by atoms with Crippen molar-refractivity contribution in [1.82, 2.24) is 0 Å². The highest BCUT2D eigenvalue weighted by Crippen LogP contribution is 2.24. The fraction of sp³-hybridized carbons (Fsp3) is 0.316. The first-order valence-corrected chi connectivity index (χ1v) is 7.62. The summed E-state index contributed by atoms with van der Waals surface area (Å²) in [4.78, 5) is 12.4. The van der Waals surface area contributed by atoms with Crippen LogP contribution < -0.4 is 5.32 Å². The molecule has 0 radical (unpaired) electrons. The topological polar surface area (TPSA) is 29.1 Å². The normalized spacial score (nSPS) is 13.1. The van der Waals surface area contributed by atoms with E-state index in [1.54, 1.807) is 0 Å². The molecule has 1 N–H and O–H groups in total. The van der Waals surface area contributed by atoms with E-state index in [1.807, 2.05) is 18.2 Å². The molecule has 1 heterocycles. The van der Waals surface area contributed by atoms with E-state index in [1.165, 1.54) is 16.8 Å². The molecule has 0 aromatic heterocycles. The van der Waals surface area contributed by atoms with Crippen LogP contribution in [0.15, 0.2) is 42.5 Å². The van der Waals surface area contributed by atoms with E-state index < -0.39 is 0 Å². The lowest BCUT2D eigenvalue weighted by Crippen LogP contribution is -2.04. The van der Waals surface area contributed by atoms with Crippen LogP contribution in [-0.4, -0.2) is 12.3 Å². The van der Waals surface area contributed by atoms with E-state index in [0.29, 0.717) is 12.3 Å². The van der Waals surface area contributed by atoms with Crippen LogP contribution in [0.4, 0.5) is 5.69 Å².